The Labute approximate surface area is 211 Å². The van der Waals surface area contributed by atoms with Crippen LogP contribution in [0, 0.1) is 17.5 Å². The zero-order chi connectivity index (χ0) is 27.8. The third kappa shape index (κ3) is 5.48. The highest BCUT2D eigenvalue weighted by Crippen LogP contribution is 2.32. The maximum absolute atomic E-state index is 15.1. The minimum atomic E-state index is -4.76. The first-order chi connectivity index (χ1) is 17.8. The Bertz CT molecular complexity index is 1450. The molecular weight excluding hydrogens is 545 g/mol. The van der Waals surface area contributed by atoms with Crippen molar-refractivity contribution in [3.8, 4) is 11.1 Å². The average Bonchev–Trinajstić information content (AvgIpc) is 3.26. The number of aromatic nitrogens is 2. The van der Waals surface area contributed by atoms with Gasteiger partial charge in [-0.25, -0.2) is 26.0 Å². The summed E-state index contributed by atoms with van der Waals surface area (Å²) in [6.07, 6.45) is -5.74. The molecule has 3 aromatic rings. The second-order valence-corrected chi connectivity index (χ2v) is 10.2. The van der Waals surface area contributed by atoms with Gasteiger partial charge < -0.3 is 5.32 Å². The van der Waals surface area contributed by atoms with Gasteiger partial charge in [-0.15, -0.1) is 0 Å². The minimum absolute atomic E-state index is 0.324. The van der Waals surface area contributed by atoms with E-state index in [2.05, 4.69) is 15.3 Å². The maximum atomic E-state index is 15.1. The van der Waals surface area contributed by atoms with Crippen LogP contribution in [0.3, 0.4) is 0 Å². The lowest BCUT2D eigenvalue weighted by Gasteiger charge is -2.23. The molecule has 0 radical (unpaired) electrons. The zero-order valence-corrected chi connectivity index (χ0v) is 19.8. The van der Waals surface area contributed by atoms with Crippen molar-refractivity contribution < 1.29 is 43.9 Å². The number of halogens is 7. The lowest BCUT2D eigenvalue weighted by atomic mass is 10.1. The van der Waals surface area contributed by atoms with E-state index in [0.717, 1.165) is 30.3 Å². The lowest BCUT2D eigenvalue weighted by molar-refractivity contribution is -0.141. The standard InChI is InChI=1S/C23H17F7N4O3S/c24-13-2-4-15(5-3-13)38(36,37)34-11-14(25)7-18(34)22(35)33-10-17-21(27)20(16(26)9-31-17)12-1-6-19(32-8-12)23(28,29)30/h1-6,8-9,14,18H,7,10-11H2,(H,33,35). The Morgan fingerprint density at radius 2 is 1.71 bits per heavy atom. The van der Waals surface area contributed by atoms with E-state index < -0.39 is 88.2 Å². The van der Waals surface area contributed by atoms with Crippen molar-refractivity contribution in [2.45, 2.75) is 36.3 Å². The van der Waals surface area contributed by atoms with Crippen LogP contribution in [0.5, 0.6) is 0 Å². The summed E-state index contributed by atoms with van der Waals surface area (Å²) in [6.45, 7) is -1.32. The Balaban J connectivity index is 1.54. The highest BCUT2D eigenvalue weighted by Gasteiger charge is 2.44. The van der Waals surface area contributed by atoms with Gasteiger partial charge in [0.25, 0.3) is 0 Å². The molecule has 1 aliphatic rings. The smallest absolute Gasteiger partial charge is 0.349 e. The second-order valence-electron chi connectivity index (χ2n) is 8.27. The van der Waals surface area contributed by atoms with Crippen LogP contribution < -0.4 is 5.32 Å². The van der Waals surface area contributed by atoms with Crippen LogP contribution in [0.1, 0.15) is 17.8 Å². The Kier molecular flexibility index (Phi) is 7.43. The van der Waals surface area contributed by atoms with Gasteiger partial charge >= 0.3 is 6.18 Å². The molecular formula is C23H17F7N4O3S. The minimum Gasteiger partial charge on any atom is -0.349 e. The summed E-state index contributed by atoms with van der Waals surface area (Å²) in [4.78, 5) is 19.1. The number of nitrogens with zero attached hydrogens (tertiary/aromatic N) is 3. The van der Waals surface area contributed by atoms with E-state index in [1.165, 1.54) is 0 Å². The fourth-order valence-corrected chi connectivity index (χ4v) is 5.52. The molecule has 38 heavy (non-hydrogen) atoms. The van der Waals surface area contributed by atoms with Crippen LogP contribution >= 0.6 is 0 Å². The number of nitrogens with one attached hydrogen (secondary N) is 1. The Morgan fingerprint density at radius 1 is 1.03 bits per heavy atom. The van der Waals surface area contributed by atoms with Gasteiger partial charge in [0.05, 0.1) is 28.9 Å². The van der Waals surface area contributed by atoms with Crippen molar-refractivity contribution in [1.82, 2.24) is 19.6 Å². The molecule has 2 aromatic heterocycles. The Morgan fingerprint density at radius 3 is 2.32 bits per heavy atom. The topological polar surface area (TPSA) is 92.3 Å². The maximum Gasteiger partial charge on any atom is 0.433 e. The number of alkyl halides is 4. The molecule has 0 spiro atoms. The summed E-state index contributed by atoms with van der Waals surface area (Å²) < 4.78 is 121. The van der Waals surface area contributed by atoms with Crippen molar-refractivity contribution in [1.29, 1.82) is 0 Å². The molecule has 1 aliphatic heterocycles. The SMILES string of the molecule is O=C(NCc1ncc(F)c(-c2ccc(C(F)(F)F)nc2)c1F)C1CC(F)CN1S(=O)(=O)c1ccc(F)cc1. The quantitative estimate of drug-likeness (QED) is 0.459. The van der Waals surface area contributed by atoms with E-state index in [1.807, 2.05) is 0 Å². The zero-order valence-electron chi connectivity index (χ0n) is 19.0. The second kappa shape index (κ2) is 10.3. The molecule has 3 heterocycles. The normalized spacial score (nSPS) is 18.5. The fraction of sp³-hybridized carbons (Fsp3) is 0.261. The molecule has 2 atom stereocenters. The first-order valence-electron chi connectivity index (χ1n) is 10.8. The van der Waals surface area contributed by atoms with Crippen LogP contribution in [0.15, 0.2) is 53.7 Å². The number of amides is 1. The van der Waals surface area contributed by atoms with Crippen LogP contribution in [-0.2, 0) is 27.5 Å². The van der Waals surface area contributed by atoms with Crippen LogP contribution in [0.25, 0.3) is 11.1 Å². The molecule has 1 aromatic carbocycles. The van der Waals surface area contributed by atoms with Gasteiger partial charge in [-0.1, -0.05) is 6.07 Å². The highest BCUT2D eigenvalue weighted by molar-refractivity contribution is 7.89. The van der Waals surface area contributed by atoms with E-state index in [1.54, 1.807) is 0 Å². The van der Waals surface area contributed by atoms with Crippen LogP contribution in [-0.4, -0.2) is 47.4 Å². The summed E-state index contributed by atoms with van der Waals surface area (Å²) in [7, 11) is -4.40. The van der Waals surface area contributed by atoms with E-state index in [-0.39, 0.29) is 10.5 Å². The van der Waals surface area contributed by atoms with Gasteiger partial charge in [0.1, 0.15) is 23.7 Å². The van der Waals surface area contributed by atoms with Crippen molar-refractivity contribution in [2.24, 2.45) is 0 Å². The van der Waals surface area contributed by atoms with E-state index in [9.17, 15) is 39.6 Å². The number of pyridine rings is 2. The number of sulfonamides is 1. The van der Waals surface area contributed by atoms with Crippen molar-refractivity contribution in [3.05, 3.63) is 77.6 Å². The number of rotatable bonds is 6. The third-order valence-corrected chi connectivity index (χ3v) is 7.63. The molecule has 202 valence electrons. The summed E-state index contributed by atoms with van der Waals surface area (Å²) in [5.41, 5.74) is -2.85. The first kappa shape index (κ1) is 27.4. The number of carbonyl (C=O) groups is 1. The van der Waals surface area contributed by atoms with Crippen molar-refractivity contribution in [3.63, 3.8) is 0 Å². The average molecular weight is 562 g/mol. The van der Waals surface area contributed by atoms with Gasteiger partial charge in [-0.2, -0.15) is 17.5 Å². The summed E-state index contributed by atoms with van der Waals surface area (Å²) in [5.74, 6) is -4.20. The molecule has 4 rings (SSSR count). The molecule has 0 saturated carbocycles. The molecule has 1 N–H and O–H groups in total. The van der Waals surface area contributed by atoms with E-state index >= 15 is 4.39 Å². The van der Waals surface area contributed by atoms with Crippen molar-refractivity contribution >= 4 is 15.9 Å². The van der Waals surface area contributed by atoms with Gasteiger partial charge in [-0.3, -0.25) is 14.8 Å². The molecule has 1 amide bonds. The van der Waals surface area contributed by atoms with Crippen molar-refractivity contribution in [2.75, 3.05) is 6.54 Å². The molecule has 1 fully saturated rings. The molecule has 1 saturated heterocycles. The third-order valence-electron chi connectivity index (χ3n) is 5.75. The number of hydrogen-bond acceptors (Lipinski definition) is 5. The van der Waals surface area contributed by atoms with E-state index in [0.29, 0.717) is 22.8 Å². The summed E-state index contributed by atoms with van der Waals surface area (Å²) >= 11 is 0. The fourth-order valence-electron chi connectivity index (χ4n) is 3.89. The molecule has 7 nitrogen and oxygen atoms in total. The highest BCUT2D eigenvalue weighted by atomic mass is 32.2. The predicted molar refractivity (Wildman–Crippen MR) is 118 cm³/mol. The van der Waals surface area contributed by atoms with Gasteiger partial charge in [0.15, 0.2) is 11.6 Å². The molecule has 15 heteroatoms. The molecule has 0 bridgehead atoms. The summed E-state index contributed by atoms with van der Waals surface area (Å²) in [6, 6.07) is 3.52. The number of benzene rings is 1. The lowest BCUT2D eigenvalue weighted by Crippen LogP contribution is -2.45. The number of hydrogen-bond donors (Lipinski definition) is 1. The summed E-state index contributed by atoms with van der Waals surface area (Å²) in [5, 5.41) is 2.23. The monoisotopic (exact) mass is 562 g/mol. The first-order valence-corrected chi connectivity index (χ1v) is 12.3. The van der Waals surface area contributed by atoms with Gasteiger partial charge in [-0.05, 0) is 30.3 Å². The molecule has 2 unspecified atom stereocenters. The van der Waals surface area contributed by atoms with Crippen LogP contribution in [0.2, 0.25) is 0 Å². The predicted octanol–water partition coefficient (Wildman–Crippen LogP) is 4.00. The van der Waals surface area contributed by atoms with Gasteiger partial charge in [0, 0.05) is 24.7 Å². The number of carbonyl (C=O) groups excluding carboxylic acids is 1. The van der Waals surface area contributed by atoms with Gasteiger partial charge in [0.2, 0.25) is 15.9 Å². The Hall–Kier alpha value is -3.59. The van der Waals surface area contributed by atoms with Crippen LogP contribution in [0.4, 0.5) is 30.7 Å². The largest absolute Gasteiger partial charge is 0.433 e. The van der Waals surface area contributed by atoms with E-state index in [4.69, 9.17) is 0 Å². The molecule has 0 aliphatic carbocycles.